The highest BCUT2D eigenvalue weighted by Crippen LogP contribution is 2.24. The zero-order chi connectivity index (χ0) is 12.3. The molecule has 92 valence electrons. The topological polar surface area (TPSA) is 45.2 Å². The van der Waals surface area contributed by atoms with Gasteiger partial charge in [0, 0.05) is 31.5 Å². The molecule has 1 aromatic rings. The first-order valence-electron chi connectivity index (χ1n) is 5.76. The highest BCUT2D eigenvalue weighted by atomic mass is 35.5. The van der Waals surface area contributed by atoms with Crippen molar-refractivity contribution in [3.8, 4) is 0 Å². The lowest BCUT2D eigenvalue weighted by molar-refractivity contribution is 0.0949. The van der Waals surface area contributed by atoms with E-state index in [9.17, 15) is 4.79 Å². The number of likely N-dealkylation sites (N-methyl/N-ethyl adjacent to an activating group) is 1. The molecular formula is C12H16ClN3O. The molecule has 1 N–H and O–H groups in total. The van der Waals surface area contributed by atoms with Gasteiger partial charge in [-0.05, 0) is 26.0 Å². The van der Waals surface area contributed by atoms with E-state index in [0.717, 1.165) is 6.54 Å². The smallest absolute Gasteiger partial charge is 0.254 e. The molecule has 1 heterocycles. The summed E-state index contributed by atoms with van der Waals surface area (Å²) in [4.78, 5) is 17.9. The highest BCUT2D eigenvalue weighted by Gasteiger charge is 2.25. The molecule has 1 aliphatic rings. The number of pyridine rings is 1. The average Bonchev–Trinajstić information content (AvgIpc) is 3.13. The number of nitrogens with one attached hydrogen (secondary N) is 1. The average molecular weight is 254 g/mol. The lowest BCUT2D eigenvalue weighted by Crippen LogP contribution is -2.34. The number of hydrogen-bond acceptors (Lipinski definition) is 3. The Labute approximate surface area is 106 Å². The second kappa shape index (κ2) is 5.47. The zero-order valence-electron chi connectivity index (χ0n) is 9.82. The summed E-state index contributed by atoms with van der Waals surface area (Å²) in [5.74, 6) is -0.160. The summed E-state index contributed by atoms with van der Waals surface area (Å²) in [5.41, 5.74) is 0.434. The number of amides is 1. The first kappa shape index (κ1) is 12.3. The summed E-state index contributed by atoms with van der Waals surface area (Å²) in [6.45, 7) is 1.51. The highest BCUT2D eigenvalue weighted by molar-refractivity contribution is 6.33. The van der Waals surface area contributed by atoms with Gasteiger partial charge >= 0.3 is 0 Å². The summed E-state index contributed by atoms with van der Waals surface area (Å²) in [6, 6.07) is 2.33. The molecular weight excluding hydrogens is 238 g/mol. The Morgan fingerprint density at radius 1 is 1.65 bits per heavy atom. The number of halogens is 1. The SMILES string of the molecule is CN(CCNC(=O)c1cnccc1Cl)C1CC1. The van der Waals surface area contributed by atoms with Crippen molar-refractivity contribution in [2.24, 2.45) is 0 Å². The number of nitrogens with zero attached hydrogens (tertiary/aromatic N) is 2. The van der Waals surface area contributed by atoms with E-state index in [2.05, 4.69) is 22.2 Å². The van der Waals surface area contributed by atoms with Crippen LogP contribution in [-0.2, 0) is 0 Å². The molecule has 0 spiro atoms. The molecule has 5 heteroatoms. The zero-order valence-corrected chi connectivity index (χ0v) is 10.6. The Balaban J connectivity index is 1.79. The third kappa shape index (κ3) is 3.41. The molecule has 4 nitrogen and oxygen atoms in total. The maximum absolute atomic E-state index is 11.8. The van der Waals surface area contributed by atoms with E-state index in [4.69, 9.17) is 11.6 Å². The van der Waals surface area contributed by atoms with Gasteiger partial charge < -0.3 is 10.2 Å². The minimum Gasteiger partial charge on any atom is -0.351 e. The van der Waals surface area contributed by atoms with E-state index in [1.54, 1.807) is 12.3 Å². The van der Waals surface area contributed by atoms with Crippen LogP contribution < -0.4 is 5.32 Å². The van der Waals surface area contributed by atoms with E-state index in [0.29, 0.717) is 23.2 Å². The van der Waals surface area contributed by atoms with Crippen LogP contribution >= 0.6 is 11.6 Å². The van der Waals surface area contributed by atoms with Gasteiger partial charge in [0.25, 0.3) is 5.91 Å². The Kier molecular flexibility index (Phi) is 3.97. The van der Waals surface area contributed by atoms with Crippen LogP contribution in [0.1, 0.15) is 23.2 Å². The van der Waals surface area contributed by atoms with Crippen LogP contribution in [0.2, 0.25) is 5.02 Å². The van der Waals surface area contributed by atoms with Gasteiger partial charge in [-0.2, -0.15) is 0 Å². The third-order valence-electron chi connectivity index (χ3n) is 2.93. The maximum Gasteiger partial charge on any atom is 0.254 e. The Morgan fingerprint density at radius 3 is 3.06 bits per heavy atom. The standard InChI is InChI=1S/C12H16ClN3O/c1-16(9-2-3-9)7-6-15-12(17)10-8-14-5-4-11(10)13/h4-5,8-9H,2-3,6-7H2,1H3,(H,15,17). The van der Waals surface area contributed by atoms with E-state index in [1.165, 1.54) is 19.0 Å². The van der Waals surface area contributed by atoms with Crippen LogP contribution in [0.25, 0.3) is 0 Å². The summed E-state index contributed by atoms with van der Waals surface area (Å²) >= 11 is 5.91. The largest absolute Gasteiger partial charge is 0.351 e. The van der Waals surface area contributed by atoms with Gasteiger partial charge in [0.1, 0.15) is 0 Å². The van der Waals surface area contributed by atoms with E-state index in [-0.39, 0.29) is 5.91 Å². The van der Waals surface area contributed by atoms with Gasteiger partial charge in [-0.15, -0.1) is 0 Å². The molecule has 0 aliphatic heterocycles. The van der Waals surface area contributed by atoms with Crippen LogP contribution in [0.15, 0.2) is 18.5 Å². The molecule has 0 saturated heterocycles. The number of carbonyl (C=O) groups excluding carboxylic acids is 1. The van der Waals surface area contributed by atoms with Gasteiger partial charge in [-0.25, -0.2) is 0 Å². The van der Waals surface area contributed by atoms with Crippen molar-refractivity contribution in [2.45, 2.75) is 18.9 Å². The number of hydrogen-bond donors (Lipinski definition) is 1. The van der Waals surface area contributed by atoms with Crippen LogP contribution in [-0.4, -0.2) is 42.0 Å². The van der Waals surface area contributed by atoms with Crippen LogP contribution in [0.3, 0.4) is 0 Å². The molecule has 0 bridgehead atoms. The van der Waals surface area contributed by atoms with E-state index < -0.39 is 0 Å². The number of aromatic nitrogens is 1. The normalized spacial score (nSPS) is 15.0. The minimum atomic E-state index is -0.160. The third-order valence-corrected chi connectivity index (χ3v) is 3.26. The van der Waals surface area contributed by atoms with Gasteiger partial charge in [-0.1, -0.05) is 11.6 Å². The first-order chi connectivity index (χ1) is 8.18. The first-order valence-corrected chi connectivity index (χ1v) is 6.14. The lowest BCUT2D eigenvalue weighted by atomic mass is 10.2. The summed E-state index contributed by atoms with van der Waals surface area (Å²) in [6.07, 6.45) is 5.61. The van der Waals surface area contributed by atoms with Crippen molar-refractivity contribution in [3.05, 3.63) is 29.0 Å². The predicted octanol–water partition coefficient (Wildman–Crippen LogP) is 1.56. The fourth-order valence-corrected chi connectivity index (χ4v) is 1.87. The molecule has 1 amide bonds. The van der Waals surface area contributed by atoms with Gasteiger partial charge in [0.2, 0.25) is 0 Å². The Morgan fingerprint density at radius 2 is 2.41 bits per heavy atom. The summed E-state index contributed by atoms with van der Waals surface area (Å²) in [5, 5.41) is 3.29. The van der Waals surface area contributed by atoms with Gasteiger partial charge in [0.15, 0.2) is 0 Å². The van der Waals surface area contributed by atoms with Crippen LogP contribution in [0, 0.1) is 0 Å². The van der Waals surface area contributed by atoms with Crippen molar-refractivity contribution in [2.75, 3.05) is 20.1 Å². The van der Waals surface area contributed by atoms with Crippen molar-refractivity contribution >= 4 is 17.5 Å². The quantitative estimate of drug-likeness (QED) is 0.866. The molecule has 17 heavy (non-hydrogen) atoms. The molecule has 0 atom stereocenters. The number of carbonyl (C=O) groups is 1. The lowest BCUT2D eigenvalue weighted by Gasteiger charge is -2.15. The van der Waals surface area contributed by atoms with E-state index in [1.807, 2.05) is 0 Å². The molecule has 1 aromatic heterocycles. The Bertz CT molecular complexity index is 406. The maximum atomic E-state index is 11.8. The molecule has 0 aromatic carbocycles. The molecule has 1 fully saturated rings. The predicted molar refractivity (Wildman–Crippen MR) is 67.2 cm³/mol. The van der Waals surface area contributed by atoms with Gasteiger partial charge in [0.05, 0.1) is 10.6 Å². The van der Waals surface area contributed by atoms with Crippen molar-refractivity contribution < 1.29 is 4.79 Å². The van der Waals surface area contributed by atoms with Crippen molar-refractivity contribution in [1.29, 1.82) is 0 Å². The summed E-state index contributed by atoms with van der Waals surface area (Å²) < 4.78 is 0. The fourth-order valence-electron chi connectivity index (χ4n) is 1.68. The fraction of sp³-hybridized carbons (Fsp3) is 0.500. The van der Waals surface area contributed by atoms with Crippen LogP contribution in [0.4, 0.5) is 0 Å². The summed E-state index contributed by atoms with van der Waals surface area (Å²) in [7, 11) is 2.08. The number of rotatable bonds is 5. The molecule has 0 radical (unpaired) electrons. The van der Waals surface area contributed by atoms with Crippen LogP contribution in [0.5, 0.6) is 0 Å². The molecule has 1 saturated carbocycles. The van der Waals surface area contributed by atoms with Crippen molar-refractivity contribution in [1.82, 2.24) is 15.2 Å². The molecule has 0 unspecified atom stereocenters. The molecule has 2 rings (SSSR count). The second-order valence-corrected chi connectivity index (χ2v) is 4.73. The monoisotopic (exact) mass is 253 g/mol. The second-order valence-electron chi connectivity index (χ2n) is 4.32. The van der Waals surface area contributed by atoms with Crippen molar-refractivity contribution in [3.63, 3.8) is 0 Å². The Hall–Kier alpha value is -1.13. The minimum absolute atomic E-state index is 0.160. The van der Waals surface area contributed by atoms with E-state index >= 15 is 0 Å². The molecule has 1 aliphatic carbocycles. The van der Waals surface area contributed by atoms with Gasteiger partial charge in [-0.3, -0.25) is 9.78 Å².